The van der Waals surface area contributed by atoms with Crippen LogP contribution in [0.3, 0.4) is 0 Å². The van der Waals surface area contributed by atoms with Crippen LogP contribution in [0, 0.1) is 0 Å². The number of carbonyl (C=O) groups excluding carboxylic acids is 2. The number of amides is 2. The zero-order valence-corrected chi connectivity index (χ0v) is 15.7. The van der Waals surface area contributed by atoms with E-state index in [9.17, 15) is 35.9 Å². The minimum absolute atomic E-state index is 0.0203. The minimum Gasteiger partial charge on any atom is -0.434 e. The Morgan fingerprint density at radius 1 is 1.29 bits per heavy atom. The van der Waals surface area contributed by atoms with Gasteiger partial charge in [-0.2, -0.15) is 9.78 Å². The number of hydrogen-bond acceptors (Lipinski definition) is 5. The lowest BCUT2D eigenvalue weighted by atomic mass is 10.0. The van der Waals surface area contributed by atoms with Crippen LogP contribution in [0.1, 0.15) is 17.2 Å². The topological polar surface area (TPSA) is 94.5 Å². The van der Waals surface area contributed by atoms with Gasteiger partial charge in [0, 0.05) is 11.8 Å². The number of cyclic esters (lactones) is 1. The van der Waals surface area contributed by atoms with E-state index >= 15 is 0 Å². The zero-order chi connectivity index (χ0) is 23.0. The van der Waals surface area contributed by atoms with Crippen LogP contribution in [-0.4, -0.2) is 40.8 Å². The number of aromatic nitrogens is 2. The number of halogens is 7. The maximum atomic E-state index is 12.9. The number of alkyl carbamates (subject to hydrolysis) is 1. The molecule has 168 valence electrons. The fourth-order valence-electron chi connectivity index (χ4n) is 2.66. The molecule has 15 heteroatoms. The second-order valence-corrected chi connectivity index (χ2v) is 6.55. The molecular formula is C16H11ClF6N4O4. The summed E-state index contributed by atoms with van der Waals surface area (Å²) in [4.78, 5) is 23.5. The summed E-state index contributed by atoms with van der Waals surface area (Å²) >= 11 is 5.81. The lowest BCUT2D eigenvalue weighted by Crippen LogP contribution is -2.39. The van der Waals surface area contributed by atoms with Gasteiger partial charge in [-0.05, 0) is 17.7 Å². The summed E-state index contributed by atoms with van der Waals surface area (Å²) in [5.74, 6) is -1.61. The third-order valence-electron chi connectivity index (χ3n) is 3.97. The van der Waals surface area contributed by atoms with E-state index in [0.29, 0.717) is 6.20 Å². The van der Waals surface area contributed by atoms with Crippen molar-refractivity contribution < 1.29 is 45.4 Å². The number of hydrogen-bond donors (Lipinski definition) is 2. The van der Waals surface area contributed by atoms with Gasteiger partial charge < -0.3 is 20.1 Å². The van der Waals surface area contributed by atoms with E-state index in [1.807, 2.05) is 0 Å². The van der Waals surface area contributed by atoms with Crippen molar-refractivity contribution in [2.24, 2.45) is 0 Å². The summed E-state index contributed by atoms with van der Waals surface area (Å²) < 4.78 is 84.1. The molecule has 8 nitrogen and oxygen atoms in total. The second-order valence-electron chi connectivity index (χ2n) is 6.14. The van der Waals surface area contributed by atoms with Crippen LogP contribution in [0.25, 0.3) is 0 Å². The summed E-state index contributed by atoms with van der Waals surface area (Å²) in [6.45, 7) is -0.182. The van der Waals surface area contributed by atoms with Crippen molar-refractivity contribution in [3.05, 3.63) is 46.7 Å². The summed E-state index contributed by atoms with van der Waals surface area (Å²) in [7, 11) is 0. The van der Waals surface area contributed by atoms with Crippen LogP contribution in [0.2, 0.25) is 5.02 Å². The first-order valence-electron chi connectivity index (χ1n) is 8.25. The van der Waals surface area contributed by atoms with Gasteiger partial charge in [0.15, 0.2) is 6.10 Å². The average molecular weight is 473 g/mol. The Labute approximate surface area is 174 Å². The lowest BCUT2D eigenvalue weighted by molar-refractivity contribution is -0.274. The van der Waals surface area contributed by atoms with Gasteiger partial charge in [0.2, 0.25) is 0 Å². The number of carbonyl (C=O) groups is 2. The molecule has 1 aliphatic rings. The fraction of sp³-hybridized carbons (Fsp3) is 0.312. The Kier molecular flexibility index (Phi) is 5.93. The third kappa shape index (κ3) is 5.51. The molecule has 1 saturated heterocycles. The molecule has 0 radical (unpaired) electrons. The largest absolute Gasteiger partial charge is 0.573 e. The first kappa shape index (κ1) is 22.5. The predicted octanol–water partition coefficient (Wildman–Crippen LogP) is 3.23. The van der Waals surface area contributed by atoms with Crippen molar-refractivity contribution in [3.8, 4) is 5.75 Å². The molecule has 0 saturated carbocycles. The van der Waals surface area contributed by atoms with Gasteiger partial charge in [0.1, 0.15) is 5.75 Å². The van der Waals surface area contributed by atoms with E-state index in [1.165, 1.54) is 0 Å². The molecule has 1 unspecified atom stereocenters. The first-order valence-corrected chi connectivity index (χ1v) is 8.63. The van der Waals surface area contributed by atoms with Crippen molar-refractivity contribution in [1.29, 1.82) is 0 Å². The van der Waals surface area contributed by atoms with Crippen LogP contribution < -0.4 is 15.4 Å². The monoisotopic (exact) mass is 472 g/mol. The summed E-state index contributed by atoms with van der Waals surface area (Å²) in [6.07, 6.45) is -10.6. The molecule has 1 aliphatic heterocycles. The third-order valence-corrected chi connectivity index (χ3v) is 4.27. The van der Waals surface area contributed by atoms with Gasteiger partial charge in [-0.3, -0.25) is 4.79 Å². The molecule has 0 bridgehead atoms. The highest BCUT2D eigenvalue weighted by molar-refractivity contribution is 6.32. The number of nitrogens with zero attached hydrogens (tertiary/aromatic N) is 2. The average Bonchev–Trinajstić information content (AvgIpc) is 3.29. The van der Waals surface area contributed by atoms with E-state index in [2.05, 4.69) is 20.5 Å². The zero-order valence-electron chi connectivity index (χ0n) is 14.9. The Hall–Kier alpha value is -3.16. The fourth-order valence-corrected chi connectivity index (χ4v) is 2.89. The van der Waals surface area contributed by atoms with E-state index in [-0.39, 0.29) is 22.4 Å². The first-order chi connectivity index (χ1) is 14.3. The van der Waals surface area contributed by atoms with Gasteiger partial charge in [0.05, 0.1) is 23.8 Å². The second kappa shape index (κ2) is 8.17. The van der Waals surface area contributed by atoms with Gasteiger partial charge >= 0.3 is 18.8 Å². The van der Waals surface area contributed by atoms with Gasteiger partial charge in [-0.1, -0.05) is 17.7 Å². The molecule has 0 aliphatic carbocycles. The quantitative estimate of drug-likeness (QED) is 0.652. The van der Waals surface area contributed by atoms with E-state index < -0.39 is 47.6 Å². The molecular weight excluding hydrogens is 462 g/mol. The number of nitrogens with one attached hydrogen (secondary N) is 2. The standard InChI is InChI=1S/C16H11ClF6N4O4/c17-9-3-7(1-2-10(9)31-16(21,22)23)12(8-4-25-27(6-8)15(18,19)20)26-13(28)11-5-24-14(29)30-11/h1-4,6,11-12H,5H2,(H,24,29)(H,26,28)/t11?,12-/m1/s1. The minimum atomic E-state index is -5.02. The molecule has 2 heterocycles. The Morgan fingerprint density at radius 3 is 2.52 bits per heavy atom. The van der Waals surface area contributed by atoms with E-state index in [0.717, 1.165) is 24.4 Å². The molecule has 1 aromatic carbocycles. The van der Waals surface area contributed by atoms with Crippen molar-refractivity contribution in [2.45, 2.75) is 24.8 Å². The van der Waals surface area contributed by atoms with Gasteiger partial charge in [0.25, 0.3) is 5.91 Å². The molecule has 0 spiro atoms. The maximum absolute atomic E-state index is 12.9. The highest BCUT2D eigenvalue weighted by atomic mass is 35.5. The van der Waals surface area contributed by atoms with Crippen LogP contribution in [-0.2, 0) is 15.8 Å². The number of benzene rings is 1. The van der Waals surface area contributed by atoms with E-state index in [4.69, 9.17) is 16.3 Å². The summed E-state index contributed by atoms with van der Waals surface area (Å²) in [6, 6.07) is 1.58. The van der Waals surface area contributed by atoms with E-state index in [1.54, 1.807) is 0 Å². The molecule has 1 aromatic heterocycles. The molecule has 2 amide bonds. The van der Waals surface area contributed by atoms with Crippen LogP contribution >= 0.6 is 11.6 Å². The van der Waals surface area contributed by atoms with Gasteiger partial charge in [-0.25, -0.2) is 4.79 Å². The molecule has 3 rings (SSSR count). The van der Waals surface area contributed by atoms with Crippen molar-refractivity contribution >= 4 is 23.6 Å². The predicted molar refractivity (Wildman–Crippen MR) is 89.9 cm³/mol. The van der Waals surface area contributed by atoms with Crippen LogP contribution in [0.5, 0.6) is 5.75 Å². The number of ether oxygens (including phenoxy) is 2. The molecule has 1 fully saturated rings. The Balaban J connectivity index is 1.93. The SMILES string of the molecule is O=C1NCC(C(=O)N[C@H](c2ccc(OC(F)(F)F)c(Cl)c2)c2cnn(C(F)(F)F)c2)O1. The van der Waals surface area contributed by atoms with Crippen molar-refractivity contribution in [1.82, 2.24) is 20.4 Å². The number of rotatable bonds is 5. The lowest BCUT2D eigenvalue weighted by Gasteiger charge is -2.21. The summed E-state index contributed by atoms with van der Waals surface area (Å²) in [5.41, 5.74) is -0.143. The molecule has 2 atom stereocenters. The number of alkyl halides is 6. The van der Waals surface area contributed by atoms with Crippen molar-refractivity contribution in [3.63, 3.8) is 0 Å². The Morgan fingerprint density at radius 2 is 2.00 bits per heavy atom. The Bertz CT molecular complexity index is 993. The smallest absolute Gasteiger partial charge is 0.434 e. The van der Waals surface area contributed by atoms with Gasteiger partial charge in [-0.15, -0.1) is 26.3 Å². The van der Waals surface area contributed by atoms with Crippen LogP contribution in [0.4, 0.5) is 31.1 Å². The van der Waals surface area contributed by atoms with Crippen molar-refractivity contribution in [2.75, 3.05) is 6.54 Å². The molecule has 2 N–H and O–H groups in total. The maximum Gasteiger partial charge on any atom is 0.573 e. The highest BCUT2D eigenvalue weighted by Crippen LogP contribution is 2.34. The summed E-state index contributed by atoms with van der Waals surface area (Å²) in [5, 5.41) is 7.27. The van der Waals surface area contributed by atoms with Crippen LogP contribution in [0.15, 0.2) is 30.6 Å². The molecule has 2 aromatic rings. The normalized spacial score (nSPS) is 17.6. The highest BCUT2D eigenvalue weighted by Gasteiger charge is 2.35. The molecule has 31 heavy (non-hydrogen) atoms.